The summed E-state index contributed by atoms with van der Waals surface area (Å²) in [6.07, 6.45) is 0. The quantitative estimate of drug-likeness (QED) is 0.869. The van der Waals surface area contributed by atoms with E-state index in [-0.39, 0.29) is 11.8 Å². The van der Waals surface area contributed by atoms with Gasteiger partial charge in [-0.25, -0.2) is 0 Å². The molecule has 0 saturated carbocycles. The van der Waals surface area contributed by atoms with Gasteiger partial charge in [0, 0.05) is 11.5 Å². The Morgan fingerprint density at radius 2 is 1.85 bits per heavy atom. The SMILES string of the molecule is CC(C(=O)N(C)c1ccc(Br)cc1N)c1ccccc1. The van der Waals surface area contributed by atoms with Gasteiger partial charge >= 0.3 is 0 Å². The number of nitrogen functional groups attached to an aromatic ring is 1. The smallest absolute Gasteiger partial charge is 0.234 e. The number of carbonyl (C=O) groups is 1. The van der Waals surface area contributed by atoms with E-state index < -0.39 is 0 Å². The van der Waals surface area contributed by atoms with E-state index in [2.05, 4.69) is 15.9 Å². The summed E-state index contributed by atoms with van der Waals surface area (Å²) in [7, 11) is 1.75. The van der Waals surface area contributed by atoms with Gasteiger partial charge in [0.25, 0.3) is 0 Å². The molecule has 2 aromatic carbocycles. The van der Waals surface area contributed by atoms with E-state index >= 15 is 0 Å². The van der Waals surface area contributed by atoms with Gasteiger partial charge in [0.15, 0.2) is 0 Å². The summed E-state index contributed by atoms with van der Waals surface area (Å²) in [4.78, 5) is 14.2. The van der Waals surface area contributed by atoms with E-state index in [0.717, 1.165) is 15.7 Å². The molecule has 1 amide bonds. The van der Waals surface area contributed by atoms with Crippen LogP contribution in [0.15, 0.2) is 53.0 Å². The molecule has 1 unspecified atom stereocenters. The molecule has 3 nitrogen and oxygen atoms in total. The fourth-order valence-electron chi connectivity index (χ4n) is 2.12. The van der Waals surface area contributed by atoms with Gasteiger partial charge in [0.05, 0.1) is 17.3 Å². The van der Waals surface area contributed by atoms with Gasteiger partial charge < -0.3 is 10.6 Å². The lowest BCUT2D eigenvalue weighted by atomic mass is 9.99. The largest absolute Gasteiger partial charge is 0.397 e. The third-order valence-corrected chi connectivity index (χ3v) is 3.84. The van der Waals surface area contributed by atoms with Crippen LogP contribution in [0.3, 0.4) is 0 Å². The highest BCUT2D eigenvalue weighted by Crippen LogP contribution is 2.28. The molecule has 0 aliphatic rings. The predicted molar refractivity (Wildman–Crippen MR) is 86.8 cm³/mol. The van der Waals surface area contributed by atoms with Crippen molar-refractivity contribution < 1.29 is 4.79 Å². The third-order valence-electron chi connectivity index (χ3n) is 3.35. The number of benzene rings is 2. The average molecular weight is 333 g/mol. The molecule has 0 saturated heterocycles. The second-order valence-corrected chi connectivity index (χ2v) is 5.65. The normalized spacial score (nSPS) is 11.9. The number of anilines is 2. The third kappa shape index (κ3) is 3.02. The summed E-state index contributed by atoms with van der Waals surface area (Å²) < 4.78 is 0.899. The maximum absolute atomic E-state index is 12.5. The van der Waals surface area contributed by atoms with E-state index in [4.69, 9.17) is 5.73 Å². The molecule has 20 heavy (non-hydrogen) atoms. The summed E-state index contributed by atoms with van der Waals surface area (Å²) in [5, 5.41) is 0. The molecule has 1 atom stereocenters. The van der Waals surface area contributed by atoms with Crippen LogP contribution in [0.1, 0.15) is 18.4 Å². The van der Waals surface area contributed by atoms with Crippen LogP contribution in [0, 0.1) is 0 Å². The number of rotatable bonds is 3. The number of hydrogen-bond donors (Lipinski definition) is 1. The highest BCUT2D eigenvalue weighted by atomic mass is 79.9. The van der Waals surface area contributed by atoms with Crippen molar-refractivity contribution in [3.05, 3.63) is 58.6 Å². The molecule has 0 fully saturated rings. The van der Waals surface area contributed by atoms with Crippen molar-refractivity contribution in [3.8, 4) is 0 Å². The van der Waals surface area contributed by atoms with Gasteiger partial charge in [0.1, 0.15) is 0 Å². The first-order valence-corrected chi connectivity index (χ1v) is 7.17. The summed E-state index contributed by atoms with van der Waals surface area (Å²) in [6, 6.07) is 15.3. The molecule has 0 aromatic heterocycles. The van der Waals surface area contributed by atoms with Gasteiger partial charge in [-0.15, -0.1) is 0 Å². The number of amides is 1. The van der Waals surface area contributed by atoms with Crippen LogP contribution in [0.4, 0.5) is 11.4 Å². The van der Waals surface area contributed by atoms with Crippen LogP contribution in [-0.2, 0) is 4.79 Å². The van der Waals surface area contributed by atoms with Crippen LogP contribution >= 0.6 is 15.9 Å². The minimum atomic E-state index is -0.204. The average Bonchev–Trinajstić information content (AvgIpc) is 2.46. The molecule has 0 bridgehead atoms. The molecule has 4 heteroatoms. The number of carbonyl (C=O) groups excluding carboxylic acids is 1. The molecular weight excluding hydrogens is 316 g/mol. The van der Waals surface area contributed by atoms with Crippen molar-refractivity contribution >= 4 is 33.2 Å². The number of nitrogens with zero attached hydrogens (tertiary/aromatic N) is 1. The Balaban J connectivity index is 2.24. The summed E-state index contributed by atoms with van der Waals surface area (Å²) in [5.41, 5.74) is 8.28. The first-order valence-electron chi connectivity index (χ1n) is 6.38. The van der Waals surface area contributed by atoms with Crippen LogP contribution in [0.5, 0.6) is 0 Å². The topological polar surface area (TPSA) is 46.3 Å². The van der Waals surface area contributed by atoms with E-state index in [1.54, 1.807) is 18.0 Å². The van der Waals surface area contributed by atoms with Gasteiger partial charge in [-0.1, -0.05) is 46.3 Å². The van der Waals surface area contributed by atoms with Crippen molar-refractivity contribution in [3.63, 3.8) is 0 Å². The van der Waals surface area contributed by atoms with Crippen LogP contribution in [0.25, 0.3) is 0 Å². The molecule has 104 valence electrons. The van der Waals surface area contributed by atoms with Gasteiger partial charge in [-0.3, -0.25) is 4.79 Å². The van der Waals surface area contributed by atoms with Crippen molar-refractivity contribution in [1.82, 2.24) is 0 Å². The maximum atomic E-state index is 12.5. The predicted octanol–water partition coefficient (Wildman–Crippen LogP) is 3.80. The van der Waals surface area contributed by atoms with Crippen LogP contribution < -0.4 is 10.6 Å². The van der Waals surface area contributed by atoms with E-state index in [1.807, 2.05) is 49.4 Å². The zero-order chi connectivity index (χ0) is 14.7. The molecule has 0 spiro atoms. The molecule has 2 rings (SSSR count). The van der Waals surface area contributed by atoms with E-state index in [1.165, 1.54) is 0 Å². The van der Waals surface area contributed by atoms with Crippen molar-refractivity contribution in [2.24, 2.45) is 0 Å². The van der Waals surface area contributed by atoms with Gasteiger partial charge in [-0.05, 0) is 30.7 Å². The zero-order valence-corrected chi connectivity index (χ0v) is 13.1. The summed E-state index contributed by atoms with van der Waals surface area (Å²) in [5.74, 6) is -0.186. The van der Waals surface area contributed by atoms with Crippen molar-refractivity contribution in [1.29, 1.82) is 0 Å². The second kappa shape index (κ2) is 6.09. The number of likely N-dealkylation sites (N-methyl/N-ethyl adjacent to an activating group) is 1. The molecule has 2 N–H and O–H groups in total. The Morgan fingerprint density at radius 3 is 2.45 bits per heavy atom. The standard InChI is InChI=1S/C16H17BrN2O/c1-11(12-6-4-3-5-7-12)16(20)19(2)15-9-8-13(17)10-14(15)18/h3-11H,18H2,1-2H3. The van der Waals surface area contributed by atoms with E-state index in [0.29, 0.717) is 5.69 Å². The Hall–Kier alpha value is -1.81. The number of halogens is 1. The lowest BCUT2D eigenvalue weighted by molar-refractivity contribution is -0.119. The zero-order valence-electron chi connectivity index (χ0n) is 11.5. The molecule has 0 radical (unpaired) electrons. The van der Waals surface area contributed by atoms with E-state index in [9.17, 15) is 4.79 Å². The number of hydrogen-bond acceptors (Lipinski definition) is 2. The second-order valence-electron chi connectivity index (χ2n) is 4.73. The monoisotopic (exact) mass is 332 g/mol. The molecule has 2 aromatic rings. The highest BCUT2D eigenvalue weighted by Gasteiger charge is 2.21. The minimum Gasteiger partial charge on any atom is -0.397 e. The molecular formula is C16H17BrN2O. The van der Waals surface area contributed by atoms with Gasteiger partial charge in [-0.2, -0.15) is 0 Å². The summed E-state index contributed by atoms with van der Waals surface area (Å²) in [6.45, 7) is 1.91. The van der Waals surface area contributed by atoms with Crippen LogP contribution in [0.2, 0.25) is 0 Å². The Bertz CT molecular complexity index is 613. The maximum Gasteiger partial charge on any atom is 0.234 e. The lowest BCUT2D eigenvalue weighted by Gasteiger charge is -2.23. The lowest BCUT2D eigenvalue weighted by Crippen LogP contribution is -2.31. The first kappa shape index (κ1) is 14.6. The molecule has 0 heterocycles. The Labute approximate surface area is 127 Å². The summed E-state index contributed by atoms with van der Waals surface area (Å²) >= 11 is 3.36. The molecule has 0 aliphatic carbocycles. The van der Waals surface area contributed by atoms with Crippen LogP contribution in [-0.4, -0.2) is 13.0 Å². The Kier molecular flexibility index (Phi) is 4.45. The van der Waals surface area contributed by atoms with Crippen molar-refractivity contribution in [2.45, 2.75) is 12.8 Å². The first-order chi connectivity index (χ1) is 9.50. The Morgan fingerprint density at radius 1 is 1.20 bits per heavy atom. The number of nitrogens with two attached hydrogens (primary N) is 1. The fourth-order valence-corrected chi connectivity index (χ4v) is 2.50. The molecule has 0 aliphatic heterocycles. The minimum absolute atomic E-state index is 0.0187. The van der Waals surface area contributed by atoms with Crippen molar-refractivity contribution in [2.75, 3.05) is 17.7 Å². The fraction of sp³-hybridized carbons (Fsp3) is 0.188. The highest BCUT2D eigenvalue weighted by molar-refractivity contribution is 9.10. The van der Waals surface area contributed by atoms with Gasteiger partial charge in [0.2, 0.25) is 5.91 Å².